The first kappa shape index (κ1) is 21.9. The maximum absolute atomic E-state index is 12.6. The topological polar surface area (TPSA) is 185 Å². The number of anilines is 1. The molecule has 30 heavy (non-hydrogen) atoms. The van der Waals surface area contributed by atoms with Crippen LogP contribution in [0.5, 0.6) is 0 Å². The molecule has 5 N–H and O–H groups in total. The lowest BCUT2D eigenvalue weighted by Gasteiger charge is -2.49. The first-order valence-electron chi connectivity index (χ1n) is 8.14. The number of hydrogen-bond acceptors (Lipinski definition) is 11. The first-order valence-corrected chi connectivity index (χ1v) is 10.4. The minimum atomic E-state index is -1.36. The number of halogens is 1. The van der Waals surface area contributed by atoms with Gasteiger partial charge in [-0.25, -0.2) is 9.78 Å². The van der Waals surface area contributed by atoms with E-state index < -0.39 is 40.9 Å². The number of nitrogen functional groups attached to an aromatic ring is 1. The highest BCUT2D eigenvalue weighted by molar-refractivity contribution is 8.00. The number of carboxylic acid groups (broad SMARTS) is 1. The zero-order chi connectivity index (χ0) is 22.2. The number of aliphatic carboxylic acids is 1. The number of fused-ring (bicyclic) bond motifs is 1. The lowest BCUT2D eigenvalue weighted by Crippen LogP contribution is -2.71. The second-order valence-electron chi connectivity index (χ2n) is 6.02. The maximum atomic E-state index is 12.6. The molecule has 2 aliphatic rings. The number of hydrogen-bond donors (Lipinski definition) is 4. The fraction of sp³-hybridized carbons (Fsp3) is 0.333. The number of nitrogens with zero attached hydrogens (tertiary/aromatic N) is 3. The van der Waals surface area contributed by atoms with E-state index >= 15 is 0 Å². The third kappa shape index (κ3) is 3.93. The number of ether oxygens (including phenoxy) is 1. The molecular formula is C15H14ClN5O7S2. The summed E-state index contributed by atoms with van der Waals surface area (Å²) in [5, 5.41) is 23.4. The predicted octanol–water partition coefficient (Wildman–Crippen LogP) is -0.141. The van der Waals surface area contributed by atoms with Gasteiger partial charge in [0.15, 0.2) is 10.8 Å². The molecule has 2 atom stereocenters. The van der Waals surface area contributed by atoms with Crippen LogP contribution in [0, 0.1) is 0 Å². The van der Waals surface area contributed by atoms with Gasteiger partial charge in [-0.1, -0.05) is 28.1 Å². The van der Waals surface area contributed by atoms with Crippen LogP contribution in [0.3, 0.4) is 0 Å². The number of amides is 2. The van der Waals surface area contributed by atoms with E-state index in [0.29, 0.717) is 0 Å². The summed E-state index contributed by atoms with van der Waals surface area (Å²) in [7, 11) is 0. The number of thiazole rings is 1. The van der Waals surface area contributed by atoms with Crippen LogP contribution in [0.4, 0.5) is 5.13 Å². The van der Waals surface area contributed by atoms with Crippen LogP contribution >= 0.6 is 34.7 Å². The van der Waals surface area contributed by atoms with Crippen molar-refractivity contribution in [1.29, 1.82) is 0 Å². The average Bonchev–Trinajstić information content (AvgIpc) is 3.01. The van der Waals surface area contributed by atoms with Crippen molar-refractivity contribution < 1.29 is 34.2 Å². The second kappa shape index (κ2) is 8.49. The minimum absolute atomic E-state index is 0.0234. The number of nitrogens with one attached hydrogen (secondary N) is 1. The Morgan fingerprint density at radius 3 is 2.70 bits per heavy atom. The van der Waals surface area contributed by atoms with Crippen LogP contribution in [-0.2, 0) is 23.9 Å². The number of oxime groups is 1. The smallest absolute Gasteiger partial charge is 0.352 e. The Labute approximate surface area is 181 Å². The number of thioether (sulfide) groups is 1. The van der Waals surface area contributed by atoms with Crippen molar-refractivity contribution in [2.24, 2.45) is 5.16 Å². The number of carboxylic acids is 1. The summed E-state index contributed by atoms with van der Waals surface area (Å²) in [5.41, 5.74) is 4.81. The van der Waals surface area contributed by atoms with Gasteiger partial charge in [0.25, 0.3) is 11.8 Å². The molecule has 3 heterocycles. The van der Waals surface area contributed by atoms with Gasteiger partial charge in [0.2, 0.25) is 0 Å². The van der Waals surface area contributed by atoms with E-state index in [1.54, 1.807) is 0 Å². The molecule has 0 unspecified atom stereocenters. The van der Waals surface area contributed by atoms with Gasteiger partial charge in [0, 0.05) is 18.2 Å². The largest absolute Gasteiger partial charge is 0.477 e. The van der Waals surface area contributed by atoms with Gasteiger partial charge < -0.3 is 26.1 Å². The van der Waals surface area contributed by atoms with E-state index in [2.05, 4.69) is 15.5 Å². The highest BCUT2D eigenvalue weighted by Gasteiger charge is 2.54. The van der Waals surface area contributed by atoms with Crippen LogP contribution < -0.4 is 11.1 Å². The molecule has 0 radical (unpaired) electrons. The van der Waals surface area contributed by atoms with Crippen molar-refractivity contribution >= 4 is 69.3 Å². The van der Waals surface area contributed by atoms with Gasteiger partial charge in [0.05, 0.1) is 0 Å². The summed E-state index contributed by atoms with van der Waals surface area (Å²) < 4.78 is 4.87. The monoisotopic (exact) mass is 475 g/mol. The second-order valence-corrected chi connectivity index (χ2v) is 8.76. The Morgan fingerprint density at radius 2 is 2.17 bits per heavy atom. The first-order chi connectivity index (χ1) is 14.1. The number of esters is 1. The quantitative estimate of drug-likeness (QED) is 0.142. The van der Waals surface area contributed by atoms with Gasteiger partial charge in [-0.2, -0.15) is 0 Å². The molecule has 15 heteroatoms. The lowest BCUT2D eigenvalue weighted by molar-refractivity contribution is -0.150. The lowest BCUT2D eigenvalue weighted by atomic mass is 10.0. The van der Waals surface area contributed by atoms with Gasteiger partial charge in [-0.3, -0.25) is 19.3 Å². The summed E-state index contributed by atoms with van der Waals surface area (Å²) in [6.45, 7) is 0.922. The van der Waals surface area contributed by atoms with Crippen molar-refractivity contribution in [3.05, 3.63) is 21.3 Å². The van der Waals surface area contributed by atoms with Crippen molar-refractivity contribution in [3.63, 3.8) is 0 Å². The Balaban J connectivity index is 1.78. The molecule has 1 aromatic rings. The standard InChI is InChI=1S/C15H14ClN5O7S2/c1-4(22)28-2-5-3-29-13-8(12(24)21(13)9(5)14(25)26)18-11(23)7(20-27)6-10(16)30-15(17)19-6/h8,13,27H,2-3H2,1H3,(H2,17,19)(H,18,23)(H,25,26)/t8-,13-/m1/s1. The van der Waals surface area contributed by atoms with Crippen LogP contribution in [0.25, 0.3) is 0 Å². The average molecular weight is 476 g/mol. The Kier molecular flexibility index (Phi) is 6.19. The van der Waals surface area contributed by atoms with Crippen molar-refractivity contribution in [2.75, 3.05) is 18.1 Å². The van der Waals surface area contributed by atoms with Crippen LogP contribution in [0.2, 0.25) is 4.34 Å². The summed E-state index contributed by atoms with van der Waals surface area (Å²) >= 11 is 7.98. The molecule has 0 bridgehead atoms. The van der Waals surface area contributed by atoms with Gasteiger partial charge >= 0.3 is 11.9 Å². The van der Waals surface area contributed by atoms with Crippen molar-refractivity contribution in [3.8, 4) is 0 Å². The summed E-state index contributed by atoms with van der Waals surface area (Å²) in [4.78, 5) is 52.6. The Hall–Kier alpha value is -2.84. The molecule has 1 saturated heterocycles. The third-order valence-corrected chi connectivity index (χ3v) is 6.55. The molecule has 1 aromatic heterocycles. The van der Waals surface area contributed by atoms with E-state index in [0.717, 1.165) is 16.2 Å². The molecule has 1 fully saturated rings. The predicted molar refractivity (Wildman–Crippen MR) is 106 cm³/mol. The molecule has 2 amide bonds. The van der Waals surface area contributed by atoms with Crippen LogP contribution in [0.1, 0.15) is 12.6 Å². The van der Waals surface area contributed by atoms with E-state index in [1.165, 1.54) is 18.7 Å². The fourth-order valence-electron chi connectivity index (χ4n) is 2.86. The third-order valence-electron chi connectivity index (χ3n) is 4.13. The Bertz CT molecular complexity index is 1010. The van der Waals surface area contributed by atoms with Gasteiger partial charge in [-0.15, -0.1) is 11.8 Å². The van der Waals surface area contributed by atoms with E-state index in [9.17, 15) is 29.5 Å². The highest BCUT2D eigenvalue weighted by atomic mass is 35.5. The highest BCUT2D eigenvalue weighted by Crippen LogP contribution is 2.40. The van der Waals surface area contributed by atoms with Crippen molar-refractivity contribution in [1.82, 2.24) is 15.2 Å². The molecule has 160 valence electrons. The normalized spacial score (nSPS) is 21.1. The molecule has 0 spiro atoms. The Morgan fingerprint density at radius 1 is 1.47 bits per heavy atom. The molecule has 0 saturated carbocycles. The number of aromatic nitrogens is 1. The number of carbonyl (C=O) groups excluding carboxylic acids is 3. The SMILES string of the molecule is CC(=O)OCC1=C(C(=O)O)N2C(=O)[C@@H](NC(=O)C(=NO)c3nc(N)sc3Cl)[C@H]2SC1. The van der Waals surface area contributed by atoms with Crippen LogP contribution in [0.15, 0.2) is 16.4 Å². The zero-order valence-electron chi connectivity index (χ0n) is 15.1. The molecule has 2 aliphatic heterocycles. The number of β-lactam (4-membered cyclic amide) rings is 1. The molecule has 0 aromatic carbocycles. The number of nitrogens with two attached hydrogens (primary N) is 1. The van der Waals surface area contributed by atoms with Crippen LogP contribution in [-0.4, -0.2) is 73.4 Å². The molecule has 12 nitrogen and oxygen atoms in total. The number of carbonyl (C=O) groups is 4. The molecule has 3 rings (SSSR count). The zero-order valence-corrected chi connectivity index (χ0v) is 17.5. The maximum Gasteiger partial charge on any atom is 0.352 e. The van der Waals surface area contributed by atoms with Crippen molar-refractivity contribution in [2.45, 2.75) is 18.3 Å². The summed E-state index contributed by atoms with van der Waals surface area (Å²) in [5.74, 6) is -3.39. The summed E-state index contributed by atoms with van der Waals surface area (Å²) in [6.07, 6.45) is 0. The van der Waals surface area contributed by atoms with E-state index in [-0.39, 0.29) is 38.8 Å². The van der Waals surface area contributed by atoms with Gasteiger partial charge in [-0.05, 0) is 0 Å². The number of rotatable bonds is 6. The van der Waals surface area contributed by atoms with E-state index in [4.69, 9.17) is 22.1 Å². The molecule has 0 aliphatic carbocycles. The molecular weight excluding hydrogens is 462 g/mol. The van der Waals surface area contributed by atoms with E-state index in [1.807, 2.05) is 0 Å². The van der Waals surface area contributed by atoms with Gasteiger partial charge in [0.1, 0.15) is 33.7 Å². The fourth-order valence-corrected chi connectivity index (χ4v) is 5.11. The summed E-state index contributed by atoms with van der Waals surface area (Å²) in [6, 6.07) is -1.07. The minimum Gasteiger partial charge on any atom is -0.477 e.